The van der Waals surface area contributed by atoms with Crippen LogP contribution >= 0.6 is 0 Å². The van der Waals surface area contributed by atoms with Crippen molar-refractivity contribution in [2.24, 2.45) is 5.10 Å². The minimum atomic E-state index is -4.67. The Morgan fingerprint density at radius 2 is 1.76 bits per heavy atom. The summed E-state index contributed by atoms with van der Waals surface area (Å²) in [7, 11) is -2.60. The molecule has 0 aliphatic rings. The third-order valence-corrected chi connectivity index (χ3v) is 6.12. The molecule has 1 N–H and O–H groups in total. The number of hydrogen-bond acceptors (Lipinski definition) is 6. The summed E-state index contributed by atoms with van der Waals surface area (Å²) in [5.74, 6) is 0.0743. The fraction of sp³-hybridized carbons (Fsp3) is 0.200. The van der Waals surface area contributed by atoms with Crippen LogP contribution in [-0.4, -0.2) is 40.4 Å². The van der Waals surface area contributed by atoms with Crippen molar-refractivity contribution in [3.63, 3.8) is 0 Å². The zero-order valence-corrected chi connectivity index (χ0v) is 20.7. The zero-order valence-electron chi connectivity index (χ0n) is 19.9. The van der Waals surface area contributed by atoms with E-state index in [9.17, 15) is 26.4 Å². The summed E-state index contributed by atoms with van der Waals surface area (Å²) < 4.78 is 75.1. The molecule has 196 valence electrons. The number of nitrogens with one attached hydrogen (secondary N) is 1. The molecule has 0 aliphatic heterocycles. The van der Waals surface area contributed by atoms with Crippen molar-refractivity contribution in [1.82, 2.24) is 5.43 Å². The van der Waals surface area contributed by atoms with Crippen LogP contribution in [0.4, 0.5) is 18.9 Å². The zero-order chi connectivity index (χ0) is 27.1. The van der Waals surface area contributed by atoms with E-state index in [0.29, 0.717) is 34.0 Å². The van der Waals surface area contributed by atoms with Crippen LogP contribution in [-0.2, 0) is 27.6 Å². The van der Waals surface area contributed by atoms with Crippen molar-refractivity contribution in [1.29, 1.82) is 0 Å². The molecule has 3 rings (SSSR count). The highest BCUT2D eigenvalue weighted by Crippen LogP contribution is 2.32. The Morgan fingerprint density at radius 1 is 1.03 bits per heavy atom. The Balaban J connectivity index is 1.66. The number of benzene rings is 3. The Hall–Kier alpha value is -4.06. The van der Waals surface area contributed by atoms with Gasteiger partial charge in [-0.3, -0.25) is 9.10 Å². The first-order valence-corrected chi connectivity index (χ1v) is 12.6. The largest absolute Gasteiger partial charge is 0.493 e. The van der Waals surface area contributed by atoms with E-state index in [4.69, 9.17) is 9.47 Å². The highest BCUT2D eigenvalue weighted by Gasteiger charge is 2.32. The van der Waals surface area contributed by atoms with E-state index >= 15 is 0 Å². The van der Waals surface area contributed by atoms with Gasteiger partial charge in [0, 0.05) is 0 Å². The molecule has 3 aromatic rings. The molecule has 0 aromatic heterocycles. The van der Waals surface area contributed by atoms with Crippen LogP contribution < -0.4 is 19.2 Å². The number of methoxy groups -OCH3 is 1. The number of carbonyl (C=O) groups is 1. The van der Waals surface area contributed by atoms with Gasteiger partial charge in [-0.05, 0) is 47.5 Å². The minimum Gasteiger partial charge on any atom is -0.493 e. The van der Waals surface area contributed by atoms with Crippen LogP contribution in [0.5, 0.6) is 11.5 Å². The molecule has 0 saturated heterocycles. The second kappa shape index (κ2) is 11.8. The Kier molecular flexibility index (Phi) is 8.77. The summed E-state index contributed by atoms with van der Waals surface area (Å²) in [6, 6.07) is 18.2. The first-order valence-electron chi connectivity index (χ1n) is 10.8. The van der Waals surface area contributed by atoms with Gasteiger partial charge in [-0.15, -0.1) is 0 Å². The quantitative estimate of drug-likeness (QED) is 0.310. The van der Waals surface area contributed by atoms with E-state index in [0.717, 1.165) is 24.0 Å². The van der Waals surface area contributed by atoms with Gasteiger partial charge < -0.3 is 9.47 Å². The average molecular weight is 536 g/mol. The number of hydrogen-bond donors (Lipinski definition) is 1. The Labute approximate surface area is 212 Å². The fourth-order valence-electron chi connectivity index (χ4n) is 3.20. The Bertz CT molecular complexity index is 1360. The van der Waals surface area contributed by atoms with Gasteiger partial charge in [0.15, 0.2) is 11.5 Å². The molecule has 0 radical (unpaired) electrons. The SMILES string of the molecule is COc1cc(/C=N\NC(=O)CN(c2cccc(C(F)(F)F)c2)S(C)(=O)=O)ccc1OCc1ccccc1. The number of halogens is 3. The lowest BCUT2D eigenvalue weighted by Gasteiger charge is -2.22. The molecule has 0 bridgehead atoms. The van der Waals surface area contributed by atoms with Gasteiger partial charge in [-0.25, -0.2) is 13.8 Å². The maximum absolute atomic E-state index is 13.0. The van der Waals surface area contributed by atoms with Gasteiger partial charge in [0.05, 0.1) is 30.8 Å². The first-order chi connectivity index (χ1) is 17.5. The molecule has 1 amide bonds. The number of sulfonamides is 1. The van der Waals surface area contributed by atoms with Crippen LogP contribution in [0.2, 0.25) is 0 Å². The van der Waals surface area contributed by atoms with Crippen molar-refractivity contribution in [3.8, 4) is 11.5 Å². The molecule has 0 unspecified atom stereocenters. The molecule has 0 aliphatic carbocycles. The highest BCUT2D eigenvalue weighted by atomic mass is 32.2. The number of anilines is 1. The number of hydrazone groups is 1. The monoisotopic (exact) mass is 535 g/mol. The van der Waals surface area contributed by atoms with Crippen molar-refractivity contribution in [2.75, 3.05) is 24.2 Å². The summed E-state index contributed by atoms with van der Waals surface area (Å²) in [5, 5.41) is 3.80. The smallest absolute Gasteiger partial charge is 0.416 e. The second-order valence-electron chi connectivity index (χ2n) is 7.80. The van der Waals surface area contributed by atoms with Crippen molar-refractivity contribution in [3.05, 3.63) is 89.5 Å². The third kappa shape index (κ3) is 7.97. The normalized spacial score (nSPS) is 11.8. The van der Waals surface area contributed by atoms with Crippen molar-refractivity contribution < 1.29 is 35.9 Å². The van der Waals surface area contributed by atoms with Gasteiger partial charge in [0.2, 0.25) is 10.0 Å². The summed E-state index contributed by atoms with van der Waals surface area (Å²) in [6.07, 6.45) is -2.58. The van der Waals surface area contributed by atoms with Crippen LogP contribution in [0.1, 0.15) is 16.7 Å². The van der Waals surface area contributed by atoms with Crippen LogP contribution in [0.15, 0.2) is 77.9 Å². The van der Waals surface area contributed by atoms with Gasteiger partial charge >= 0.3 is 6.18 Å². The fourth-order valence-corrected chi connectivity index (χ4v) is 4.05. The van der Waals surface area contributed by atoms with Crippen molar-refractivity contribution in [2.45, 2.75) is 12.8 Å². The van der Waals surface area contributed by atoms with Gasteiger partial charge in [0.25, 0.3) is 5.91 Å². The molecule has 12 heteroatoms. The lowest BCUT2D eigenvalue weighted by atomic mass is 10.2. The summed E-state index contributed by atoms with van der Waals surface area (Å²) in [5.41, 5.74) is 2.36. The summed E-state index contributed by atoms with van der Waals surface area (Å²) in [4.78, 5) is 12.3. The summed E-state index contributed by atoms with van der Waals surface area (Å²) >= 11 is 0. The highest BCUT2D eigenvalue weighted by molar-refractivity contribution is 7.92. The topological polar surface area (TPSA) is 97.3 Å². The van der Waals surface area contributed by atoms with E-state index in [1.165, 1.54) is 19.4 Å². The number of nitrogens with zero attached hydrogens (tertiary/aromatic N) is 2. The van der Waals surface area contributed by atoms with E-state index in [1.54, 1.807) is 18.2 Å². The molecule has 8 nitrogen and oxygen atoms in total. The average Bonchev–Trinajstić information content (AvgIpc) is 2.86. The second-order valence-corrected chi connectivity index (χ2v) is 9.70. The van der Waals surface area contributed by atoms with Gasteiger partial charge in [-0.1, -0.05) is 36.4 Å². The molecule has 0 fully saturated rings. The maximum Gasteiger partial charge on any atom is 0.416 e. The molecule has 0 heterocycles. The summed E-state index contributed by atoms with van der Waals surface area (Å²) in [6.45, 7) is -0.434. The maximum atomic E-state index is 13.0. The molecule has 37 heavy (non-hydrogen) atoms. The molecular formula is C25H24F3N3O5S. The van der Waals surface area contributed by atoms with Crippen LogP contribution in [0.25, 0.3) is 0 Å². The van der Waals surface area contributed by atoms with Gasteiger partial charge in [-0.2, -0.15) is 18.3 Å². The molecule has 0 saturated carbocycles. The lowest BCUT2D eigenvalue weighted by molar-refractivity contribution is -0.137. The van der Waals surface area contributed by atoms with Crippen LogP contribution in [0.3, 0.4) is 0 Å². The number of rotatable bonds is 10. The first kappa shape index (κ1) is 27.5. The molecule has 3 aromatic carbocycles. The van der Waals surface area contributed by atoms with Gasteiger partial charge in [0.1, 0.15) is 13.2 Å². The van der Waals surface area contributed by atoms with E-state index in [1.807, 2.05) is 30.3 Å². The van der Waals surface area contributed by atoms with E-state index in [-0.39, 0.29) is 5.69 Å². The predicted molar refractivity (Wildman–Crippen MR) is 133 cm³/mol. The van der Waals surface area contributed by atoms with Crippen LogP contribution in [0, 0.1) is 0 Å². The third-order valence-electron chi connectivity index (χ3n) is 4.98. The molecular weight excluding hydrogens is 511 g/mol. The van der Waals surface area contributed by atoms with Crippen molar-refractivity contribution >= 4 is 27.8 Å². The molecule has 0 spiro atoms. The number of alkyl halides is 3. The molecule has 0 atom stereocenters. The standard InChI is InChI=1S/C25H24F3N3O5S/c1-35-23-13-19(11-12-22(23)36-17-18-7-4-3-5-8-18)15-29-30-24(32)16-31(37(2,33)34)21-10-6-9-20(14-21)25(26,27)28/h3-15H,16-17H2,1-2H3,(H,30,32)/b29-15-. The Morgan fingerprint density at radius 3 is 2.41 bits per heavy atom. The number of amides is 1. The van der Waals surface area contributed by atoms with E-state index in [2.05, 4.69) is 10.5 Å². The number of ether oxygens (including phenoxy) is 2. The minimum absolute atomic E-state index is 0.299. The number of carbonyl (C=O) groups excluding carboxylic acids is 1. The lowest BCUT2D eigenvalue weighted by Crippen LogP contribution is -2.39. The van der Waals surface area contributed by atoms with E-state index < -0.39 is 34.2 Å². The predicted octanol–water partition coefficient (Wildman–Crippen LogP) is 4.21.